The zero-order valence-electron chi connectivity index (χ0n) is 6.07. The largest absolute Gasteiger partial charge is 0.425 e. The minimum absolute atomic E-state index is 0.349. The van der Waals surface area contributed by atoms with Gasteiger partial charge in [0.1, 0.15) is 0 Å². The maximum absolute atomic E-state index is 10.5. The van der Waals surface area contributed by atoms with Crippen molar-refractivity contribution in [2.24, 2.45) is 5.10 Å². The van der Waals surface area contributed by atoms with Crippen molar-refractivity contribution in [1.82, 2.24) is 5.43 Å². The van der Waals surface area contributed by atoms with Gasteiger partial charge in [-0.05, 0) is 12.2 Å². The van der Waals surface area contributed by atoms with Gasteiger partial charge in [0, 0.05) is 13.1 Å². The van der Waals surface area contributed by atoms with Crippen LogP contribution in [-0.4, -0.2) is 12.2 Å². The summed E-state index contributed by atoms with van der Waals surface area (Å²) in [6.45, 7) is 1.34. The van der Waals surface area contributed by atoms with Crippen molar-refractivity contribution >= 4 is 12.2 Å². The summed E-state index contributed by atoms with van der Waals surface area (Å²) in [5.74, 6) is 0.0803. The Labute approximate surface area is 64.2 Å². The fourth-order valence-electron chi connectivity index (χ4n) is 0.599. The molecule has 0 radical (unpaired) electrons. The number of nitrogens with one attached hydrogen (secondary N) is 1. The lowest BCUT2D eigenvalue weighted by Crippen LogP contribution is -2.00. The van der Waals surface area contributed by atoms with Crippen LogP contribution in [0, 0.1) is 0 Å². The number of nitrogens with zero attached hydrogens (tertiary/aromatic N) is 1. The maximum Gasteiger partial charge on any atom is 0.308 e. The molecule has 11 heavy (non-hydrogen) atoms. The third kappa shape index (κ3) is 2.66. The Balaban J connectivity index is 2.62. The molecule has 0 atom stereocenters. The molecular formula is C7H8N2O2. The van der Waals surface area contributed by atoms with Gasteiger partial charge in [0.05, 0.1) is 6.21 Å². The van der Waals surface area contributed by atoms with E-state index in [4.69, 9.17) is 4.74 Å². The molecule has 0 aromatic rings. The fraction of sp³-hybridized carbons (Fsp3) is 0.143. The smallest absolute Gasteiger partial charge is 0.308 e. The first kappa shape index (κ1) is 7.53. The normalized spacial score (nSPS) is 14.8. The highest BCUT2D eigenvalue weighted by molar-refractivity contribution is 5.81. The van der Waals surface area contributed by atoms with Gasteiger partial charge in [-0.1, -0.05) is 0 Å². The van der Waals surface area contributed by atoms with Crippen LogP contribution >= 0.6 is 0 Å². The van der Waals surface area contributed by atoms with Gasteiger partial charge in [-0.25, -0.2) is 0 Å². The van der Waals surface area contributed by atoms with E-state index in [-0.39, 0.29) is 5.97 Å². The summed E-state index contributed by atoms with van der Waals surface area (Å²) in [4.78, 5) is 10.5. The van der Waals surface area contributed by atoms with Gasteiger partial charge in [-0.15, -0.1) is 0 Å². The number of esters is 1. The minimum Gasteiger partial charge on any atom is -0.425 e. The number of carbonyl (C=O) groups excluding carboxylic acids is 1. The highest BCUT2D eigenvalue weighted by Gasteiger charge is 1.97. The number of allylic oxidation sites excluding steroid dienone is 3. The quantitative estimate of drug-likeness (QED) is 0.558. The van der Waals surface area contributed by atoms with Gasteiger partial charge < -0.3 is 4.74 Å². The van der Waals surface area contributed by atoms with Crippen LogP contribution in [0.5, 0.6) is 0 Å². The topological polar surface area (TPSA) is 50.7 Å². The zero-order chi connectivity index (χ0) is 8.10. The second-order valence-electron chi connectivity index (χ2n) is 1.91. The molecule has 1 aliphatic heterocycles. The molecule has 0 fully saturated rings. The molecule has 0 amide bonds. The van der Waals surface area contributed by atoms with Crippen LogP contribution < -0.4 is 5.43 Å². The van der Waals surface area contributed by atoms with Gasteiger partial charge in [0.15, 0.2) is 5.76 Å². The number of hydrogen-bond donors (Lipinski definition) is 1. The number of rotatable bonds is 1. The number of hydrazone groups is 1. The van der Waals surface area contributed by atoms with Crippen LogP contribution in [0.15, 0.2) is 29.2 Å². The summed E-state index contributed by atoms with van der Waals surface area (Å²) in [6, 6.07) is 0. The van der Waals surface area contributed by atoms with Crippen molar-refractivity contribution in [2.75, 3.05) is 0 Å². The average molecular weight is 152 g/mol. The predicted octanol–water partition coefficient (Wildman–Crippen LogP) is 0.536. The van der Waals surface area contributed by atoms with Crippen molar-refractivity contribution < 1.29 is 9.53 Å². The van der Waals surface area contributed by atoms with Crippen molar-refractivity contribution in [3.8, 4) is 0 Å². The molecule has 0 bridgehead atoms. The average Bonchev–Trinajstić information content (AvgIpc) is 2.14. The third-order valence-corrected chi connectivity index (χ3v) is 0.959. The molecule has 1 heterocycles. The summed E-state index contributed by atoms with van der Waals surface area (Å²) in [5.41, 5.74) is 2.60. The molecule has 0 aromatic heterocycles. The molecule has 0 saturated carbocycles. The Morgan fingerprint density at radius 2 is 2.55 bits per heavy atom. The van der Waals surface area contributed by atoms with Crippen LogP contribution in [0.25, 0.3) is 0 Å². The van der Waals surface area contributed by atoms with E-state index in [0.29, 0.717) is 5.76 Å². The van der Waals surface area contributed by atoms with Crippen LogP contribution in [0.3, 0.4) is 0 Å². The van der Waals surface area contributed by atoms with Crippen LogP contribution in [-0.2, 0) is 9.53 Å². The van der Waals surface area contributed by atoms with E-state index in [2.05, 4.69) is 10.5 Å². The first-order chi connectivity index (χ1) is 5.29. The SMILES string of the molecule is CC(=O)OC1=CC=CNN=C1. The van der Waals surface area contributed by atoms with E-state index in [1.165, 1.54) is 13.1 Å². The molecule has 0 aliphatic carbocycles. The molecule has 1 rings (SSSR count). The van der Waals surface area contributed by atoms with Crippen molar-refractivity contribution in [2.45, 2.75) is 6.92 Å². The summed E-state index contributed by atoms with van der Waals surface area (Å²) in [6.07, 6.45) is 6.41. The fourth-order valence-corrected chi connectivity index (χ4v) is 0.599. The van der Waals surface area contributed by atoms with Gasteiger partial charge in [-0.3, -0.25) is 10.2 Å². The Morgan fingerprint density at radius 1 is 1.73 bits per heavy atom. The van der Waals surface area contributed by atoms with Crippen molar-refractivity contribution in [3.05, 3.63) is 24.1 Å². The van der Waals surface area contributed by atoms with Crippen LogP contribution in [0.4, 0.5) is 0 Å². The molecule has 0 aromatic carbocycles. The Morgan fingerprint density at radius 3 is 3.27 bits per heavy atom. The highest BCUT2D eigenvalue weighted by Crippen LogP contribution is 1.96. The molecule has 4 nitrogen and oxygen atoms in total. The van der Waals surface area contributed by atoms with Crippen LogP contribution in [0.1, 0.15) is 6.92 Å². The summed E-state index contributed by atoms with van der Waals surface area (Å²) in [5, 5.41) is 3.70. The molecule has 1 aliphatic rings. The standard InChI is InChI=1S/C7H8N2O2/c1-6(10)11-7-3-2-4-8-9-5-7/h2-5,8H,1H3. The molecule has 0 saturated heterocycles. The van der Waals surface area contributed by atoms with Gasteiger partial charge in [0.25, 0.3) is 0 Å². The number of carbonyl (C=O) groups is 1. The first-order valence-electron chi connectivity index (χ1n) is 3.13. The Hall–Kier alpha value is -1.58. The summed E-state index contributed by atoms with van der Waals surface area (Å²) >= 11 is 0. The minimum atomic E-state index is -0.349. The predicted molar refractivity (Wildman–Crippen MR) is 40.6 cm³/mol. The highest BCUT2D eigenvalue weighted by atomic mass is 16.5. The Bertz CT molecular complexity index is 241. The number of hydrogen-bond acceptors (Lipinski definition) is 4. The third-order valence-electron chi connectivity index (χ3n) is 0.959. The van der Waals surface area contributed by atoms with E-state index in [0.717, 1.165) is 0 Å². The first-order valence-corrected chi connectivity index (χ1v) is 3.13. The van der Waals surface area contributed by atoms with E-state index in [1.807, 2.05) is 0 Å². The van der Waals surface area contributed by atoms with E-state index in [1.54, 1.807) is 18.4 Å². The second kappa shape index (κ2) is 3.55. The lowest BCUT2D eigenvalue weighted by atomic mass is 10.4. The molecule has 4 heteroatoms. The summed E-state index contributed by atoms with van der Waals surface area (Å²) in [7, 11) is 0. The molecule has 0 spiro atoms. The van der Waals surface area contributed by atoms with Gasteiger partial charge in [-0.2, -0.15) is 5.10 Å². The Kier molecular flexibility index (Phi) is 2.43. The molecule has 1 N–H and O–H groups in total. The zero-order valence-corrected chi connectivity index (χ0v) is 6.07. The molecule has 0 unspecified atom stereocenters. The van der Waals surface area contributed by atoms with Crippen molar-refractivity contribution in [1.29, 1.82) is 0 Å². The number of ether oxygens (including phenoxy) is 1. The van der Waals surface area contributed by atoms with E-state index < -0.39 is 0 Å². The lowest BCUT2D eigenvalue weighted by molar-refractivity contribution is -0.136. The lowest BCUT2D eigenvalue weighted by Gasteiger charge is -1.96. The van der Waals surface area contributed by atoms with Gasteiger partial charge in [0.2, 0.25) is 0 Å². The molecule has 58 valence electrons. The summed E-state index contributed by atoms with van der Waals surface area (Å²) < 4.78 is 4.75. The van der Waals surface area contributed by atoms with E-state index in [9.17, 15) is 4.79 Å². The van der Waals surface area contributed by atoms with Crippen LogP contribution in [0.2, 0.25) is 0 Å². The molecular weight excluding hydrogens is 144 g/mol. The monoisotopic (exact) mass is 152 g/mol. The van der Waals surface area contributed by atoms with Crippen molar-refractivity contribution in [3.63, 3.8) is 0 Å². The van der Waals surface area contributed by atoms with Gasteiger partial charge >= 0.3 is 5.97 Å². The van der Waals surface area contributed by atoms with E-state index >= 15 is 0 Å². The maximum atomic E-state index is 10.5. The second-order valence-corrected chi connectivity index (χ2v) is 1.91.